The number of hydrogen-bond acceptors (Lipinski definition) is 5. The third kappa shape index (κ3) is 4.47. The molecule has 0 radical (unpaired) electrons. The first-order valence-electron chi connectivity index (χ1n) is 9.11. The fraction of sp³-hybridized carbons (Fsp3) is 0.526. The number of aromatic nitrogens is 3. The second-order valence-electron chi connectivity index (χ2n) is 6.48. The van der Waals surface area contributed by atoms with E-state index in [0.29, 0.717) is 25.4 Å². The molecule has 3 rings (SSSR count). The Morgan fingerprint density at radius 3 is 3.12 bits per heavy atom. The van der Waals surface area contributed by atoms with Gasteiger partial charge in [0.2, 0.25) is 0 Å². The van der Waals surface area contributed by atoms with Crippen LogP contribution in [0.2, 0.25) is 0 Å². The van der Waals surface area contributed by atoms with Crippen molar-refractivity contribution in [2.75, 3.05) is 13.2 Å². The fourth-order valence-electron chi connectivity index (χ4n) is 3.08. The molecule has 0 bridgehead atoms. The second kappa shape index (κ2) is 8.91. The SMILES string of the molecule is CCCn1ncc(C(=O)N[C@@H]2COCC[C@H]2OCc2ccccn2)c1C. The number of ether oxygens (including phenoxy) is 2. The molecule has 1 aliphatic rings. The first-order chi connectivity index (χ1) is 12.7. The molecule has 0 spiro atoms. The zero-order chi connectivity index (χ0) is 18.4. The van der Waals surface area contributed by atoms with Crippen LogP contribution in [0.15, 0.2) is 30.6 Å². The van der Waals surface area contributed by atoms with Crippen molar-refractivity contribution in [2.24, 2.45) is 0 Å². The highest BCUT2D eigenvalue weighted by molar-refractivity contribution is 5.95. The molecule has 0 saturated carbocycles. The molecule has 0 aromatic carbocycles. The van der Waals surface area contributed by atoms with Crippen LogP contribution >= 0.6 is 0 Å². The van der Waals surface area contributed by atoms with Gasteiger partial charge in [0, 0.05) is 25.0 Å². The smallest absolute Gasteiger partial charge is 0.255 e. The van der Waals surface area contributed by atoms with Gasteiger partial charge in [-0.05, 0) is 31.9 Å². The van der Waals surface area contributed by atoms with E-state index in [1.165, 1.54) is 0 Å². The van der Waals surface area contributed by atoms with Crippen LogP contribution in [0.4, 0.5) is 0 Å². The summed E-state index contributed by atoms with van der Waals surface area (Å²) in [6.07, 6.45) is 5.00. The Morgan fingerprint density at radius 1 is 1.46 bits per heavy atom. The number of amides is 1. The van der Waals surface area contributed by atoms with Gasteiger partial charge in [0.05, 0.1) is 42.8 Å². The summed E-state index contributed by atoms with van der Waals surface area (Å²) >= 11 is 0. The minimum atomic E-state index is -0.186. The van der Waals surface area contributed by atoms with Gasteiger partial charge in [-0.2, -0.15) is 5.10 Å². The van der Waals surface area contributed by atoms with Crippen molar-refractivity contribution in [3.8, 4) is 0 Å². The Hall–Kier alpha value is -2.25. The number of nitrogens with zero attached hydrogens (tertiary/aromatic N) is 3. The van der Waals surface area contributed by atoms with Crippen molar-refractivity contribution in [1.29, 1.82) is 0 Å². The lowest BCUT2D eigenvalue weighted by atomic mass is 10.1. The highest BCUT2D eigenvalue weighted by atomic mass is 16.5. The topological polar surface area (TPSA) is 78.3 Å². The molecule has 2 atom stereocenters. The lowest BCUT2D eigenvalue weighted by Gasteiger charge is -2.32. The molecule has 0 unspecified atom stereocenters. The maximum absolute atomic E-state index is 12.7. The van der Waals surface area contributed by atoms with Crippen LogP contribution in [-0.4, -0.2) is 46.0 Å². The first-order valence-corrected chi connectivity index (χ1v) is 9.11. The van der Waals surface area contributed by atoms with Gasteiger partial charge in [-0.1, -0.05) is 13.0 Å². The standard InChI is InChI=1S/C19H26N4O3/c1-3-9-23-14(2)16(11-21-23)19(24)22-17-13-25-10-7-18(17)26-12-15-6-4-5-8-20-15/h4-6,8,11,17-18H,3,7,9-10,12-13H2,1-2H3,(H,22,24)/t17-,18-/m1/s1. The van der Waals surface area contributed by atoms with E-state index in [9.17, 15) is 4.79 Å². The molecule has 2 aromatic heterocycles. The lowest BCUT2D eigenvalue weighted by Crippen LogP contribution is -2.50. The van der Waals surface area contributed by atoms with Gasteiger partial charge >= 0.3 is 0 Å². The minimum absolute atomic E-state index is 0.0966. The molecule has 7 heteroatoms. The number of pyridine rings is 1. The van der Waals surface area contributed by atoms with E-state index in [1.54, 1.807) is 12.4 Å². The predicted molar refractivity (Wildman–Crippen MR) is 96.8 cm³/mol. The largest absolute Gasteiger partial charge is 0.379 e. The molecule has 1 N–H and O–H groups in total. The van der Waals surface area contributed by atoms with E-state index >= 15 is 0 Å². The van der Waals surface area contributed by atoms with Crippen molar-refractivity contribution in [1.82, 2.24) is 20.1 Å². The van der Waals surface area contributed by atoms with Crippen LogP contribution in [0.25, 0.3) is 0 Å². The number of nitrogens with one attached hydrogen (secondary N) is 1. The van der Waals surface area contributed by atoms with Crippen LogP contribution in [0.1, 0.15) is 41.5 Å². The third-order valence-electron chi connectivity index (χ3n) is 4.56. The van der Waals surface area contributed by atoms with Crippen molar-refractivity contribution in [3.05, 3.63) is 47.5 Å². The zero-order valence-electron chi connectivity index (χ0n) is 15.4. The molecular formula is C19H26N4O3. The van der Waals surface area contributed by atoms with E-state index in [-0.39, 0.29) is 18.1 Å². The molecule has 140 valence electrons. The summed E-state index contributed by atoms with van der Waals surface area (Å²) in [5.41, 5.74) is 2.36. The van der Waals surface area contributed by atoms with Gasteiger partial charge in [-0.3, -0.25) is 14.5 Å². The summed E-state index contributed by atoms with van der Waals surface area (Å²) < 4.78 is 13.4. The molecule has 1 aliphatic heterocycles. The Morgan fingerprint density at radius 2 is 2.35 bits per heavy atom. The molecule has 1 amide bonds. The molecule has 3 heterocycles. The van der Waals surface area contributed by atoms with Crippen molar-refractivity contribution in [2.45, 2.75) is 52.0 Å². The predicted octanol–water partition coefficient (Wildman–Crippen LogP) is 2.10. The normalized spacial score (nSPS) is 20.1. The first kappa shape index (κ1) is 18.5. The molecule has 2 aromatic rings. The Labute approximate surface area is 153 Å². The van der Waals surface area contributed by atoms with E-state index in [4.69, 9.17) is 9.47 Å². The highest BCUT2D eigenvalue weighted by Crippen LogP contribution is 2.15. The number of carbonyl (C=O) groups excluding carboxylic acids is 1. The van der Waals surface area contributed by atoms with Crippen LogP contribution < -0.4 is 5.32 Å². The summed E-state index contributed by atoms with van der Waals surface area (Å²) in [4.78, 5) is 17.0. The molecule has 26 heavy (non-hydrogen) atoms. The van der Waals surface area contributed by atoms with Crippen LogP contribution in [0.5, 0.6) is 0 Å². The summed E-state index contributed by atoms with van der Waals surface area (Å²) in [6.45, 7) is 6.31. The molecule has 7 nitrogen and oxygen atoms in total. The summed E-state index contributed by atoms with van der Waals surface area (Å²) in [7, 11) is 0. The van der Waals surface area contributed by atoms with Gasteiger partial charge in [0.1, 0.15) is 0 Å². The van der Waals surface area contributed by atoms with Crippen LogP contribution in [0, 0.1) is 6.92 Å². The van der Waals surface area contributed by atoms with Crippen molar-refractivity contribution < 1.29 is 14.3 Å². The molecule has 1 fully saturated rings. The van der Waals surface area contributed by atoms with Gasteiger partial charge in [-0.15, -0.1) is 0 Å². The summed E-state index contributed by atoms with van der Waals surface area (Å²) in [5, 5.41) is 7.35. The molecule has 0 aliphatic carbocycles. The van der Waals surface area contributed by atoms with E-state index in [2.05, 4.69) is 22.3 Å². The van der Waals surface area contributed by atoms with Gasteiger partial charge in [0.25, 0.3) is 5.91 Å². The monoisotopic (exact) mass is 358 g/mol. The average molecular weight is 358 g/mol. The fourth-order valence-corrected chi connectivity index (χ4v) is 3.08. The van der Waals surface area contributed by atoms with Crippen LogP contribution in [-0.2, 0) is 22.6 Å². The van der Waals surface area contributed by atoms with E-state index < -0.39 is 0 Å². The summed E-state index contributed by atoms with van der Waals surface area (Å²) in [5.74, 6) is -0.133. The summed E-state index contributed by atoms with van der Waals surface area (Å²) in [6, 6.07) is 5.56. The van der Waals surface area contributed by atoms with Gasteiger partial charge in [-0.25, -0.2) is 0 Å². The van der Waals surface area contributed by atoms with Gasteiger partial charge < -0.3 is 14.8 Å². The second-order valence-corrected chi connectivity index (χ2v) is 6.48. The van der Waals surface area contributed by atoms with E-state index in [0.717, 1.165) is 30.8 Å². The number of carbonyl (C=O) groups is 1. The Bertz CT molecular complexity index is 717. The van der Waals surface area contributed by atoms with Crippen molar-refractivity contribution >= 4 is 5.91 Å². The number of hydrogen-bond donors (Lipinski definition) is 1. The van der Waals surface area contributed by atoms with Crippen LogP contribution in [0.3, 0.4) is 0 Å². The quantitative estimate of drug-likeness (QED) is 0.820. The average Bonchev–Trinajstić information content (AvgIpc) is 3.03. The zero-order valence-corrected chi connectivity index (χ0v) is 15.4. The highest BCUT2D eigenvalue weighted by Gasteiger charge is 2.29. The maximum Gasteiger partial charge on any atom is 0.255 e. The third-order valence-corrected chi connectivity index (χ3v) is 4.56. The molecule has 1 saturated heterocycles. The number of rotatable bonds is 7. The Balaban J connectivity index is 1.61. The van der Waals surface area contributed by atoms with Gasteiger partial charge in [0.15, 0.2) is 0 Å². The Kier molecular flexibility index (Phi) is 6.35. The number of aryl methyl sites for hydroxylation is 1. The van der Waals surface area contributed by atoms with E-state index in [1.807, 2.05) is 29.8 Å². The lowest BCUT2D eigenvalue weighted by molar-refractivity contribution is -0.0612. The molecular weight excluding hydrogens is 332 g/mol. The minimum Gasteiger partial charge on any atom is -0.379 e. The maximum atomic E-state index is 12.7. The van der Waals surface area contributed by atoms with Crippen molar-refractivity contribution in [3.63, 3.8) is 0 Å².